The van der Waals surface area contributed by atoms with E-state index in [1.807, 2.05) is 55.5 Å². The Morgan fingerprint density at radius 1 is 1.14 bits per heavy atom. The van der Waals surface area contributed by atoms with Gasteiger partial charge in [-0.3, -0.25) is 4.79 Å². The first kappa shape index (κ1) is 18.8. The van der Waals surface area contributed by atoms with Gasteiger partial charge in [0.25, 0.3) is 0 Å². The number of fused-ring (bicyclic) bond motifs is 1. The second kappa shape index (κ2) is 7.83. The van der Waals surface area contributed by atoms with Gasteiger partial charge < -0.3 is 20.1 Å². The summed E-state index contributed by atoms with van der Waals surface area (Å²) in [4.78, 5) is 17.7. The Balaban J connectivity index is 1.80. The lowest BCUT2D eigenvalue weighted by atomic mass is 9.85. The fourth-order valence-electron chi connectivity index (χ4n) is 3.79. The zero-order valence-electron chi connectivity index (χ0n) is 16.5. The third-order valence-electron chi connectivity index (χ3n) is 5.17. The van der Waals surface area contributed by atoms with Gasteiger partial charge in [0.1, 0.15) is 17.8 Å². The van der Waals surface area contributed by atoms with Gasteiger partial charge in [-0.1, -0.05) is 18.2 Å². The van der Waals surface area contributed by atoms with E-state index in [2.05, 4.69) is 20.7 Å². The molecule has 1 aliphatic rings. The lowest BCUT2D eigenvalue weighted by Crippen LogP contribution is -2.46. The van der Waals surface area contributed by atoms with Crippen molar-refractivity contribution in [2.75, 3.05) is 24.9 Å². The van der Waals surface area contributed by atoms with Crippen LogP contribution in [0.2, 0.25) is 0 Å². The third-order valence-corrected chi connectivity index (χ3v) is 5.17. The zero-order valence-corrected chi connectivity index (χ0v) is 16.5. The standard InChI is InChI=1S/C21H23N5O3/c1-13-18(20(27)25-14-7-5-4-6-8-14)19(26-21(24-13)22-12-23-26)16-11-15(28-2)9-10-17(16)29-3/h4-13,18-19H,1-3H3,(H,25,27)(H,22,23,24)/t13-,18-,19-/m1/s1. The number of carbonyl (C=O) groups is 1. The predicted octanol–water partition coefficient (Wildman–Crippen LogP) is 2.95. The van der Waals surface area contributed by atoms with E-state index in [0.29, 0.717) is 17.4 Å². The molecule has 0 saturated heterocycles. The SMILES string of the molecule is COc1ccc(OC)c([C@@H]2[C@H](C(=O)Nc3ccccc3)[C@@H](C)Nc3ncnn32)c1. The number of carbonyl (C=O) groups excluding carboxylic acids is 1. The van der Waals surface area contributed by atoms with Crippen LogP contribution in [0.3, 0.4) is 0 Å². The Kier molecular flexibility index (Phi) is 5.07. The minimum atomic E-state index is -0.467. The van der Waals surface area contributed by atoms with Crippen LogP contribution < -0.4 is 20.1 Å². The van der Waals surface area contributed by atoms with Crippen molar-refractivity contribution in [3.05, 3.63) is 60.4 Å². The summed E-state index contributed by atoms with van der Waals surface area (Å²) < 4.78 is 12.7. The normalized spacial score (nSPS) is 20.3. The molecule has 0 saturated carbocycles. The molecule has 0 radical (unpaired) electrons. The molecule has 29 heavy (non-hydrogen) atoms. The highest BCUT2D eigenvalue weighted by Gasteiger charge is 2.42. The molecule has 150 valence electrons. The Bertz CT molecular complexity index is 1000. The topological polar surface area (TPSA) is 90.3 Å². The molecule has 0 aliphatic carbocycles. The first-order chi connectivity index (χ1) is 14.1. The summed E-state index contributed by atoms with van der Waals surface area (Å²) >= 11 is 0. The molecule has 2 heterocycles. The van der Waals surface area contributed by atoms with Gasteiger partial charge in [0.2, 0.25) is 11.9 Å². The van der Waals surface area contributed by atoms with E-state index < -0.39 is 12.0 Å². The smallest absolute Gasteiger partial charge is 0.232 e. The fourth-order valence-corrected chi connectivity index (χ4v) is 3.79. The van der Waals surface area contributed by atoms with Gasteiger partial charge in [-0.2, -0.15) is 10.1 Å². The van der Waals surface area contributed by atoms with Crippen LogP contribution in [0, 0.1) is 5.92 Å². The first-order valence-electron chi connectivity index (χ1n) is 9.36. The summed E-state index contributed by atoms with van der Waals surface area (Å²) in [6, 6.07) is 14.3. The molecule has 3 atom stereocenters. The molecular weight excluding hydrogens is 370 g/mol. The Morgan fingerprint density at radius 3 is 2.66 bits per heavy atom. The molecule has 8 nitrogen and oxygen atoms in total. The van der Waals surface area contributed by atoms with Crippen molar-refractivity contribution < 1.29 is 14.3 Å². The van der Waals surface area contributed by atoms with E-state index in [1.165, 1.54) is 6.33 Å². The number of ether oxygens (including phenoxy) is 2. The second-order valence-corrected chi connectivity index (χ2v) is 6.90. The van der Waals surface area contributed by atoms with Crippen molar-refractivity contribution in [1.82, 2.24) is 14.8 Å². The highest BCUT2D eigenvalue weighted by atomic mass is 16.5. The lowest BCUT2D eigenvalue weighted by Gasteiger charge is -2.37. The van der Waals surface area contributed by atoms with Crippen molar-refractivity contribution in [1.29, 1.82) is 0 Å². The average molecular weight is 393 g/mol. The number of benzene rings is 2. The Morgan fingerprint density at radius 2 is 1.93 bits per heavy atom. The minimum absolute atomic E-state index is 0.118. The van der Waals surface area contributed by atoms with Crippen molar-refractivity contribution in [3.8, 4) is 11.5 Å². The van der Waals surface area contributed by atoms with Crippen molar-refractivity contribution >= 4 is 17.5 Å². The summed E-state index contributed by atoms with van der Waals surface area (Å²) in [5.74, 6) is 1.36. The van der Waals surface area contributed by atoms with Crippen LogP contribution >= 0.6 is 0 Å². The molecule has 0 fully saturated rings. The number of hydrogen-bond donors (Lipinski definition) is 2. The molecule has 1 amide bonds. The Hall–Kier alpha value is -3.55. The number of amides is 1. The van der Waals surface area contributed by atoms with Crippen LogP contribution in [-0.2, 0) is 4.79 Å². The molecule has 1 aliphatic heterocycles. The maximum absolute atomic E-state index is 13.4. The van der Waals surface area contributed by atoms with Crippen molar-refractivity contribution in [2.45, 2.75) is 19.0 Å². The van der Waals surface area contributed by atoms with E-state index in [0.717, 1.165) is 11.3 Å². The van der Waals surface area contributed by atoms with E-state index in [1.54, 1.807) is 18.9 Å². The number of para-hydroxylation sites is 1. The summed E-state index contributed by atoms with van der Waals surface area (Å²) in [5.41, 5.74) is 1.55. The van der Waals surface area contributed by atoms with Crippen LogP contribution in [-0.4, -0.2) is 40.9 Å². The Labute approximate surface area is 168 Å². The van der Waals surface area contributed by atoms with E-state index >= 15 is 0 Å². The molecular formula is C21H23N5O3. The maximum atomic E-state index is 13.4. The summed E-state index contributed by atoms with van der Waals surface area (Å²) in [5, 5.41) is 10.7. The number of nitrogens with zero attached hydrogens (tertiary/aromatic N) is 3. The molecule has 8 heteroatoms. The van der Waals surface area contributed by atoms with Gasteiger partial charge in [-0.25, -0.2) is 4.68 Å². The third kappa shape index (κ3) is 3.49. The molecule has 2 N–H and O–H groups in total. The highest BCUT2D eigenvalue weighted by molar-refractivity contribution is 5.94. The molecule has 0 unspecified atom stereocenters. The monoisotopic (exact) mass is 393 g/mol. The molecule has 1 aromatic heterocycles. The first-order valence-corrected chi connectivity index (χ1v) is 9.36. The zero-order chi connectivity index (χ0) is 20.4. The van der Waals surface area contributed by atoms with Gasteiger partial charge in [0.15, 0.2) is 0 Å². The number of rotatable bonds is 5. The van der Waals surface area contributed by atoms with Crippen molar-refractivity contribution in [2.24, 2.45) is 5.92 Å². The number of aromatic nitrogens is 3. The van der Waals surface area contributed by atoms with E-state index in [-0.39, 0.29) is 11.9 Å². The molecule has 0 spiro atoms. The molecule has 3 aromatic rings. The van der Waals surface area contributed by atoms with Crippen LogP contribution in [0.15, 0.2) is 54.9 Å². The van der Waals surface area contributed by atoms with Gasteiger partial charge in [-0.05, 0) is 37.3 Å². The van der Waals surface area contributed by atoms with E-state index in [4.69, 9.17) is 9.47 Å². The van der Waals surface area contributed by atoms with Crippen LogP contribution in [0.5, 0.6) is 11.5 Å². The molecule has 4 rings (SSSR count). The van der Waals surface area contributed by atoms with Crippen molar-refractivity contribution in [3.63, 3.8) is 0 Å². The van der Waals surface area contributed by atoms with Gasteiger partial charge in [0.05, 0.1) is 26.2 Å². The summed E-state index contributed by atoms with van der Waals surface area (Å²) in [6.07, 6.45) is 1.48. The number of nitrogens with one attached hydrogen (secondary N) is 2. The number of hydrogen-bond acceptors (Lipinski definition) is 6. The predicted molar refractivity (Wildman–Crippen MR) is 109 cm³/mol. The second-order valence-electron chi connectivity index (χ2n) is 6.90. The molecule has 2 aromatic carbocycles. The maximum Gasteiger partial charge on any atom is 0.232 e. The summed E-state index contributed by atoms with van der Waals surface area (Å²) in [7, 11) is 3.22. The quantitative estimate of drug-likeness (QED) is 0.693. The minimum Gasteiger partial charge on any atom is -0.497 e. The fraction of sp³-hybridized carbons (Fsp3) is 0.286. The van der Waals surface area contributed by atoms with Crippen LogP contribution in [0.25, 0.3) is 0 Å². The van der Waals surface area contributed by atoms with Gasteiger partial charge in [-0.15, -0.1) is 0 Å². The molecule has 0 bridgehead atoms. The highest BCUT2D eigenvalue weighted by Crippen LogP contribution is 2.41. The average Bonchev–Trinajstić information content (AvgIpc) is 3.20. The lowest BCUT2D eigenvalue weighted by molar-refractivity contribution is -0.121. The number of methoxy groups -OCH3 is 2. The number of anilines is 2. The van der Waals surface area contributed by atoms with E-state index in [9.17, 15) is 4.79 Å². The van der Waals surface area contributed by atoms with Gasteiger partial charge >= 0.3 is 0 Å². The van der Waals surface area contributed by atoms with Crippen LogP contribution in [0.1, 0.15) is 18.5 Å². The largest absolute Gasteiger partial charge is 0.497 e. The summed E-state index contributed by atoms with van der Waals surface area (Å²) in [6.45, 7) is 1.97. The van der Waals surface area contributed by atoms with Gasteiger partial charge in [0, 0.05) is 17.3 Å². The van der Waals surface area contributed by atoms with Crippen LogP contribution in [0.4, 0.5) is 11.6 Å².